The second-order valence-corrected chi connectivity index (χ2v) is 5.44. The standard InChI is InChI=1S/C18H35/c1-3-5-7-9-11-13-15-17-18-16-14-12-10-8-6-4-2/h11,13H,1,3-10,12,14-18H2,2H3/b13-11-. The summed E-state index contributed by atoms with van der Waals surface area (Å²) >= 11 is 0. The molecule has 0 amide bonds. The average Bonchev–Trinajstić information content (AvgIpc) is 2.39. The average molecular weight is 251 g/mol. The van der Waals surface area contributed by atoms with Crippen molar-refractivity contribution in [1.82, 2.24) is 0 Å². The lowest BCUT2D eigenvalue weighted by Crippen LogP contribution is -1.80. The van der Waals surface area contributed by atoms with E-state index in [1.165, 1.54) is 83.5 Å². The third kappa shape index (κ3) is 15.7. The maximum atomic E-state index is 3.86. The van der Waals surface area contributed by atoms with E-state index in [9.17, 15) is 0 Å². The van der Waals surface area contributed by atoms with Crippen LogP contribution in [0.2, 0.25) is 0 Å². The molecule has 0 aromatic carbocycles. The molecular weight excluding hydrogens is 216 g/mol. The van der Waals surface area contributed by atoms with Gasteiger partial charge in [0.2, 0.25) is 0 Å². The Labute approximate surface area is 116 Å². The van der Waals surface area contributed by atoms with Crippen molar-refractivity contribution in [2.45, 2.75) is 96.8 Å². The molecule has 18 heavy (non-hydrogen) atoms. The Morgan fingerprint density at radius 2 is 1.06 bits per heavy atom. The predicted molar refractivity (Wildman–Crippen MR) is 84.8 cm³/mol. The summed E-state index contributed by atoms with van der Waals surface area (Å²) in [5.74, 6) is 0. The fourth-order valence-corrected chi connectivity index (χ4v) is 2.25. The van der Waals surface area contributed by atoms with E-state index in [-0.39, 0.29) is 0 Å². The normalized spacial score (nSPS) is 11.4. The maximum Gasteiger partial charge on any atom is -0.0351 e. The summed E-state index contributed by atoms with van der Waals surface area (Å²) in [6.45, 7) is 6.15. The van der Waals surface area contributed by atoms with Crippen molar-refractivity contribution in [3.8, 4) is 0 Å². The van der Waals surface area contributed by atoms with Gasteiger partial charge in [-0.25, -0.2) is 0 Å². The van der Waals surface area contributed by atoms with Gasteiger partial charge in [0, 0.05) is 0 Å². The largest absolute Gasteiger partial charge is 0.0885 e. The first kappa shape index (κ1) is 17.7. The maximum absolute atomic E-state index is 3.86. The van der Waals surface area contributed by atoms with Crippen LogP contribution in [-0.2, 0) is 0 Å². The van der Waals surface area contributed by atoms with E-state index in [1.807, 2.05) is 0 Å². The molecule has 0 nitrogen and oxygen atoms in total. The zero-order valence-electron chi connectivity index (χ0n) is 12.8. The van der Waals surface area contributed by atoms with E-state index in [4.69, 9.17) is 0 Å². The van der Waals surface area contributed by atoms with E-state index >= 15 is 0 Å². The van der Waals surface area contributed by atoms with Crippen LogP contribution in [-0.4, -0.2) is 0 Å². The SMILES string of the molecule is [CH2]CCCC/C=C\CCCCCCCCCCC. The van der Waals surface area contributed by atoms with Crippen LogP contribution in [0.25, 0.3) is 0 Å². The summed E-state index contributed by atoms with van der Waals surface area (Å²) in [5, 5.41) is 0. The van der Waals surface area contributed by atoms with Gasteiger partial charge in [0.05, 0.1) is 0 Å². The molecule has 0 atom stereocenters. The second kappa shape index (κ2) is 16.7. The van der Waals surface area contributed by atoms with E-state index in [0.717, 1.165) is 6.42 Å². The first-order chi connectivity index (χ1) is 8.91. The summed E-state index contributed by atoms with van der Waals surface area (Å²) in [6.07, 6.45) is 23.9. The second-order valence-electron chi connectivity index (χ2n) is 5.44. The lowest BCUT2D eigenvalue weighted by atomic mass is 10.1. The van der Waals surface area contributed by atoms with Gasteiger partial charge in [-0.3, -0.25) is 0 Å². The van der Waals surface area contributed by atoms with Crippen LogP contribution in [0.1, 0.15) is 96.8 Å². The minimum Gasteiger partial charge on any atom is -0.0885 e. The molecule has 107 valence electrons. The van der Waals surface area contributed by atoms with Gasteiger partial charge in [-0.15, -0.1) is 0 Å². The summed E-state index contributed by atoms with van der Waals surface area (Å²) in [7, 11) is 0. The molecule has 0 saturated heterocycles. The molecule has 0 aliphatic carbocycles. The number of unbranched alkanes of at least 4 members (excludes halogenated alkanes) is 12. The van der Waals surface area contributed by atoms with Crippen molar-refractivity contribution in [2.75, 3.05) is 0 Å². The minimum atomic E-state index is 1.09. The van der Waals surface area contributed by atoms with Crippen LogP contribution in [0.5, 0.6) is 0 Å². The van der Waals surface area contributed by atoms with Crippen LogP contribution in [0.4, 0.5) is 0 Å². The fraction of sp³-hybridized carbons (Fsp3) is 0.833. The Morgan fingerprint density at radius 1 is 0.611 bits per heavy atom. The molecule has 0 aliphatic rings. The van der Waals surface area contributed by atoms with Crippen LogP contribution >= 0.6 is 0 Å². The van der Waals surface area contributed by atoms with E-state index in [0.29, 0.717) is 0 Å². The van der Waals surface area contributed by atoms with Gasteiger partial charge in [0.15, 0.2) is 0 Å². The summed E-state index contributed by atoms with van der Waals surface area (Å²) in [4.78, 5) is 0. The van der Waals surface area contributed by atoms with Crippen LogP contribution < -0.4 is 0 Å². The number of rotatable bonds is 14. The topological polar surface area (TPSA) is 0 Å². The monoisotopic (exact) mass is 251 g/mol. The molecule has 0 aromatic heterocycles. The zero-order valence-corrected chi connectivity index (χ0v) is 12.8. The highest BCUT2D eigenvalue weighted by Crippen LogP contribution is 2.10. The number of allylic oxidation sites excluding steroid dienone is 2. The minimum absolute atomic E-state index is 1.09. The summed E-state index contributed by atoms with van der Waals surface area (Å²) < 4.78 is 0. The Balaban J connectivity index is 2.98. The molecule has 0 aromatic rings. The highest BCUT2D eigenvalue weighted by Gasteiger charge is 1.91. The molecular formula is C18H35. The first-order valence-corrected chi connectivity index (χ1v) is 8.36. The van der Waals surface area contributed by atoms with Crippen LogP contribution in [0.3, 0.4) is 0 Å². The van der Waals surface area contributed by atoms with Crippen molar-refractivity contribution in [3.63, 3.8) is 0 Å². The van der Waals surface area contributed by atoms with E-state index in [2.05, 4.69) is 26.0 Å². The van der Waals surface area contributed by atoms with Gasteiger partial charge < -0.3 is 0 Å². The molecule has 0 unspecified atom stereocenters. The molecule has 0 N–H and O–H groups in total. The third-order valence-corrected chi connectivity index (χ3v) is 3.51. The molecule has 0 saturated carbocycles. The summed E-state index contributed by atoms with van der Waals surface area (Å²) in [5.41, 5.74) is 0. The lowest BCUT2D eigenvalue weighted by molar-refractivity contribution is 0.566. The number of hydrogen-bond acceptors (Lipinski definition) is 0. The molecule has 1 radical (unpaired) electrons. The molecule has 0 rings (SSSR count). The van der Waals surface area contributed by atoms with Crippen LogP contribution in [0.15, 0.2) is 12.2 Å². The van der Waals surface area contributed by atoms with Crippen LogP contribution in [0, 0.1) is 6.92 Å². The molecule has 0 fully saturated rings. The Bertz CT molecular complexity index is 157. The predicted octanol–water partition coefficient (Wildman–Crippen LogP) is 6.86. The number of hydrogen-bond donors (Lipinski definition) is 0. The van der Waals surface area contributed by atoms with Crippen molar-refractivity contribution in [1.29, 1.82) is 0 Å². The van der Waals surface area contributed by atoms with Gasteiger partial charge in [0.25, 0.3) is 0 Å². The van der Waals surface area contributed by atoms with Gasteiger partial charge in [-0.05, 0) is 25.7 Å². The van der Waals surface area contributed by atoms with Gasteiger partial charge in [-0.1, -0.05) is 90.2 Å². The van der Waals surface area contributed by atoms with E-state index < -0.39 is 0 Å². The lowest BCUT2D eigenvalue weighted by Gasteiger charge is -2.00. The fourth-order valence-electron chi connectivity index (χ4n) is 2.25. The highest BCUT2D eigenvalue weighted by atomic mass is 14.0. The zero-order chi connectivity index (χ0) is 13.3. The van der Waals surface area contributed by atoms with Crippen molar-refractivity contribution in [3.05, 3.63) is 19.1 Å². The van der Waals surface area contributed by atoms with Gasteiger partial charge in [-0.2, -0.15) is 0 Å². The summed E-state index contributed by atoms with van der Waals surface area (Å²) in [6, 6.07) is 0. The Hall–Kier alpha value is -0.260. The molecule has 0 heterocycles. The smallest absolute Gasteiger partial charge is 0.0351 e. The Kier molecular flexibility index (Phi) is 16.5. The molecule has 0 heteroatoms. The molecule has 0 bridgehead atoms. The van der Waals surface area contributed by atoms with Crippen molar-refractivity contribution < 1.29 is 0 Å². The van der Waals surface area contributed by atoms with Gasteiger partial charge >= 0.3 is 0 Å². The van der Waals surface area contributed by atoms with E-state index in [1.54, 1.807) is 0 Å². The van der Waals surface area contributed by atoms with Crippen molar-refractivity contribution in [2.24, 2.45) is 0 Å². The Morgan fingerprint density at radius 3 is 1.56 bits per heavy atom. The first-order valence-electron chi connectivity index (χ1n) is 8.36. The highest BCUT2D eigenvalue weighted by molar-refractivity contribution is 4.81. The van der Waals surface area contributed by atoms with Gasteiger partial charge in [0.1, 0.15) is 0 Å². The molecule has 0 spiro atoms. The molecule has 0 aliphatic heterocycles. The quantitative estimate of drug-likeness (QED) is 0.234. The third-order valence-electron chi connectivity index (χ3n) is 3.51. The van der Waals surface area contributed by atoms with Crippen molar-refractivity contribution >= 4 is 0 Å².